The molecule has 234 valence electrons. The van der Waals surface area contributed by atoms with Crippen LogP contribution < -0.4 is 0 Å². The molecule has 0 aliphatic rings. The summed E-state index contributed by atoms with van der Waals surface area (Å²) in [5.41, 5.74) is 0. The topological polar surface area (TPSA) is 26.3 Å². The van der Waals surface area contributed by atoms with E-state index in [0.717, 1.165) is 18.8 Å². The van der Waals surface area contributed by atoms with Gasteiger partial charge in [-0.3, -0.25) is 4.79 Å². The fourth-order valence-electron chi connectivity index (χ4n) is 5.91. The molecule has 0 rings (SSSR count). The van der Waals surface area contributed by atoms with Crippen LogP contribution in [0.4, 0.5) is 0 Å². The molecule has 0 aliphatic heterocycles. The molecule has 0 amide bonds. The van der Waals surface area contributed by atoms with E-state index in [1.165, 1.54) is 180 Å². The largest absolute Gasteiger partial charge is 0.466 e. The van der Waals surface area contributed by atoms with E-state index in [9.17, 15) is 4.79 Å². The van der Waals surface area contributed by atoms with Crippen molar-refractivity contribution in [3.05, 3.63) is 0 Å². The highest BCUT2D eigenvalue weighted by molar-refractivity contribution is 5.69. The highest BCUT2D eigenvalue weighted by Gasteiger charge is 2.11. The number of carbonyl (C=O) groups excluding carboxylic acids is 1. The van der Waals surface area contributed by atoms with Gasteiger partial charge in [-0.1, -0.05) is 201 Å². The van der Waals surface area contributed by atoms with Crippen molar-refractivity contribution in [1.82, 2.24) is 0 Å². The van der Waals surface area contributed by atoms with Gasteiger partial charge in [0.1, 0.15) is 0 Å². The molecule has 0 saturated heterocycles. The van der Waals surface area contributed by atoms with Crippen LogP contribution in [-0.2, 0) is 9.53 Å². The molecule has 0 heterocycles. The third kappa shape index (κ3) is 31.9. The van der Waals surface area contributed by atoms with Crippen LogP contribution in [0, 0.1) is 5.92 Å². The second-order valence-corrected chi connectivity index (χ2v) is 12.7. The molecule has 0 N–H and O–H groups in total. The van der Waals surface area contributed by atoms with Gasteiger partial charge in [0, 0.05) is 6.42 Å². The van der Waals surface area contributed by atoms with Crippen LogP contribution in [-0.4, -0.2) is 12.6 Å². The molecule has 0 aromatic heterocycles. The van der Waals surface area contributed by atoms with Crippen LogP contribution in [0.5, 0.6) is 0 Å². The Morgan fingerprint density at radius 3 is 1.08 bits per heavy atom. The smallest absolute Gasteiger partial charge is 0.305 e. The summed E-state index contributed by atoms with van der Waals surface area (Å²) in [5, 5.41) is 0. The lowest BCUT2D eigenvalue weighted by molar-refractivity contribution is -0.144. The molecule has 0 fully saturated rings. The summed E-state index contributed by atoms with van der Waals surface area (Å²) in [4.78, 5) is 12.2. The Kier molecular flexibility index (Phi) is 33.2. The van der Waals surface area contributed by atoms with Crippen molar-refractivity contribution in [3.8, 4) is 0 Å². The SMILES string of the molecule is CCCCCCCCCCCCCCC(CCCCCCCCCCCC)CCOC(=O)CCCCCCC. The first-order valence-corrected chi connectivity index (χ1v) is 18.4. The average molecular weight is 551 g/mol. The number of esters is 1. The van der Waals surface area contributed by atoms with Crippen molar-refractivity contribution in [3.63, 3.8) is 0 Å². The molecule has 0 aliphatic carbocycles. The summed E-state index contributed by atoms with van der Waals surface area (Å²) in [6.07, 6.45) is 41.4. The highest BCUT2D eigenvalue weighted by Crippen LogP contribution is 2.23. The molecule has 0 bridgehead atoms. The third-order valence-electron chi connectivity index (χ3n) is 8.71. The fraction of sp³-hybridized carbons (Fsp3) is 0.973. The number of unbranched alkanes of at least 4 members (excludes halogenated alkanes) is 24. The van der Waals surface area contributed by atoms with Gasteiger partial charge >= 0.3 is 5.97 Å². The maximum atomic E-state index is 12.2. The van der Waals surface area contributed by atoms with Gasteiger partial charge in [-0.15, -0.1) is 0 Å². The van der Waals surface area contributed by atoms with Crippen LogP contribution in [0.2, 0.25) is 0 Å². The summed E-state index contributed by atoms with van der Waals surface area (Å²) in [7, 11) is 0. The maximum absolute atomic E-state index is 12.2. The van der Waals surface area contributed by atoms with Crippen molar-refractivity contribution in [2.75, 3.05) is 6.61 Å². The molecule has 1 atom stereocenters. The van der Waals surface area contributed by atoms with Gasteiger partial charge in [-0.2, -0.15) is 0 Å². The molecule has 0 radical (unpaired) electrons. The Morgan fingerprint density at radius 1 is 0.410 bits per heavy atom. The summed E-state index contributed by atoms with van der Waals surface area (Å²) >= 11 is 0. The average Bonchev–Trinajstić information content (AvgIpc) is 2.94. The molecule has 0 aromatic carbocycles. The zero-order chi connectivity index (χ0) is 28.5. The predicted molar refractivity (Wildman–Crippen MR) is 175 cm³/mol. The molecular formula is C37H74O2. The van der Waals surface area contributed by atoms with Gasteiger partial charge < -0.3 is 4.74 Å². The van der Waals surface area contributed by atoms with Crippen molar-refractivity contribution >= 4 is 5.97 Å². The van der Waals surface area contributed by atoms with Crippen LogP contribution in [0.3, 0.4) is 0 Å². The number of rotatable bonds is 33. The lowest BCUT2D eigenvalue weighted by Gasteiger charge is -2.17. The number of ether oxygens (including phenoxy) is 1. The minimum absolute atomic E-state index is 0.0366. The molecular weight excluding hydrogens is 476 g/mol. The predicted octanol–water partition coefficient (Wildman–Crippen LogP) is 13.3. The molecule has 0 saturated carbocycles. The Balaban J connectivity index is 3.99. The van der Waals surface area contributed by atoms with Gasteiger partial charge in [0.05, 0.1) is 6.61 Å². The summed E-state index contributed by atoms with van der Waals surface area (Å²) < 4.78 is 5.65. The summed E-state index contributed by atoms with van der Waals surface area (Å²) in [6.45, 7) is 7.48. The lowest BCUT2D eigenvalue weighted by atomic mass is 9.91. The Hall–Kier alpha value is -0.530. The molecule has 2 nitrogen and oxygen atoms in total. The molecule has 2 heteroatoms. The first-order chi connectivity index (χ1) is 19.2. The number of carbonyl (C=O) groups is 1. The summed E-state index contributed by atoms with van der Waals surface area (Å²) in [5.74, 6) is 0.786. The second kappa shape index (κ2) is 33.7. The third-order valence-corrected chi connectivity index (χ3v) is 8.71. The Labute approximate surface area is 247 Å². The molecule has 1 unspecified atom stereocenters. The van der Waals surface area contributed by atoms with Crippen molar-refractivity contribution in [2.24, 2.45) is 5.92 Å². The van der Waals surface area contributed by atoms with E-state index in [-0.39, 0.29) is 5.97 Å². The van der Waals surface area contributed by atoms with E-state index in [1.54, 1.807) is 0 Å². The summed E-state index contributed by atoms with van der Waals surface area (Å²) in [6, 6.07) is 0. The van der Waals surface area contributed by atoms with Gasteiger partial charge in [-0.05, 0) is 18.8 Å². The zero-order valence-corrected chi connectivity index (χ0v) is 27.5. The van der Waals surface area contributed by atoms with Gasteiger partial charge in [0.25, 0.3) is 0 Å². The van der Waals surface area contributed by atoms with E-state index < -0.39 is 0 Å². The maximum Gasteiger partial charge on any atom is 0.305 e. The van der Waals surface area contributed by atoms with E-state index in [2.05, 4.69) is 20.8 Å². The number of hydrogen-bond acceptors (Lipinski definition) is 2. The van der Waals surface area contributed by atoms with Crippen molar-refractivity contribution in [2.45, 2.75) is 220 Å². The molecule has 0 aromatic rings. The lowest BCUT2D eigenvalue weighted by Crippen LogP contribution is -2.10. The second-order valence-electron chi connectivity index (χ2n) is 12.7. The fourth-order valence-corrected chi connectivity index (χ4v) is 5.91. The van der Waals surface area contributed by atoms with Crippen molar-refractivity contribution < 1.29 is 9.53 Å². The van der Waals surface area contributed by atoms with Crippen LogP contribution in [0.1, 0.15) is 220 Å². The van der Waals surface area contributed by atoms with Crippen molar-refractivity contribution in [1.29, 1.82) is 0 Å². The van der Waals surface area contributed by atoms with E-state index in [4.69, 9.17) is 4.74 Å². The molecule has 0 spiro atoms. The zero-order valence-electron chi connectivity index (χ0n) is 27.5. The standard InChI is InChI=1S/C37H74O2/c1-4-7-10-13-15-17-19-20-22-24-27-29-32-36(31-28-26-23-21-18-16-14-11-8-5-2)34-35-39-37(38)33-30-25-12-9-6-3/h36H,4-35H2,1-3H3. The first kappa shape index (κ1) is 38.5. The van der Waals surface area contributed by atoms with E-state index >= 15 is 0 Å². The van der Waals surface area contributed by atoms with Gasteiger partial charge in [0.15, 0.2) is 0 Å². The van der Waals surface area contributed by atoms with Gasteiger partial charge in [-0.25, -0.2) is 0 Å². The minimum Gasteiger partial charge on any atom is -0.466 e. The van der Waals surface area contributed by atoms with E-state index in [1.807, 2.05) is 0 Å². The van der Waals surface area contributed by atoms with Gasteiger partial charge in [0.2, 0.25) is 0 Å². The monoisotopic (exact) mass is 551 g/mol. The van der Waals surface area contributed by atoms with E-state index in [0.29, 0.717) is 13.0 Å². The Morgan fingerprint density at radius 2 is 0.718 bits per heavy atom. The number of hydrogen-bond donors (Lipinski definition) is 0. The normalized spacial score (nSPS) is 12.2. The highest BCUT2D eigenvalue weighted by atomic mass is 16.5. The van der Waals surface area contributed by atoms with Crippen LogP contribution in [0.15, 0.2) is 0 Å². The first-order valence-electron chi connectivity index (χ1n) is 18.4. The Bertz CT molecular complexity index is 460. The van der Waals surface area contributed by atoms with Crippen LogP contribution in [0.25, 0.3) is 0 Å². The quantitative estimate of drug-likeness (QED) is 0.0600. The minimum atomic E-state index is 0.0366. The molecule has 39 heavy (non-hydrogen) atoms. The van der Waals surface area contributed by atoms with Crippen LogP contribution >= 0.6 is 0 Å².